The molecule has 19 heavy (non-hydrogen) atoms. The Labute approximate surface area is 111 Å². The maximum Gasteiger partial charge on any atom is 0.335 e. The molecule has 0 radical (unpaired) electrons. The summed E-state index contributed by atoms with van der Waals surface area (Å²) in [5, 5.41) is 11.6. The standard InChI is InChI=1S/C14H17NO4/c1-19-14(7-2-8-14)13(18)15-9-10-3-5-11(6-4-10)12(16)17/h3-6H,2,7-9H2,1H3,(H,15,18)(H,16,17). The molecule has 5 nitrogen and oxygen atoms in total. The molecule has 0 aromatic heterocycles. The van der Waals surface area contributed by atoms with Crippen molar-refractivity contribution in [3.63, 3.8) is 0 Å². The molecule has 1 saturated carbocycles. The maximum atomic E-state index is 12.0. The molecule has 102 valence electrons. The smallest absolute Gasteiger partial charge is 0.335 e. The Morgan fingerprint density at radius 2 is 1.95 bits per heavy atom. The zero-order valence-electron chi connectivity index (χ0n) is 10.8. The minimum absolute atomic E-state index is 0.0939. The number of hydrogen-bond acceptors (Lipinski definition) is 3. The molecular formula is C14H17NO4. The number of rotatable bonds is 5. The predicted molar refractivity (Wildman–Crippen MR) is 68.8 cm³/mol. The minimum Gasteiger partial charge on any atom is -0.478 e. The van der Waals surface area contributed by atoms with Crippen LogP contribution in [0.15, 0.2) is 24.3 Å². The molecule has 1 aliphatic carbocycles. The first-order valence-electron chi connectivity index (χ1n) is 6.23. The minimum atomic E-state index is -0.955. The van der Waals surface area contributed by atoms with Crippen molar-refractivity contribution in [2.75, 3.05) is 7.11 Å². The second-order valence-electron chi connectivity index (χ2n) is 4.74. The molecule has 2 rings (SSSR count). The molecule has 0 aliphatic heterocycles. The highest BCUT2D eigenvalue weighted by molar-refractivity contribution is 5.87. The summed E-state index contributed by atoms with van der Waals surface area (Å²) in [6.07, 6.45) is 2.52. The Bertz CT molecular complexity index is 471. The van der Waals surface area contributed by atoms with E-state index in [9.17, 15) is 9.59 Å². The van der Waals surface area contributed by atoms with E-state index in [-0.39, 0.29) is 11.5 Å². The summed E-state index contributed by atoms with van der Waals surface area (Å²) in [4.78, 5) is 22.7. The average molecular weight is 263 g/mol. The van der Waals surface area contributed by atoms with E-state index in [0.29, 0.717) is 6.54 Å². The number of benzene rings is 1. The quantitative estimate of drug-likeness (QED) is 0.845. The molecule has 0 unspecified atom stereocenters. The molecule has 0 heterocycles. The molecule has 0 atom stereocenters. The molecular weight excluding hydrogens is 246 g/mol. The fourth-order valence-corrected chi connectivity index (χ4v) is 2.13. The zero-order chi connectivity index (χ0) is 13.9. The lowest BCUT2D eigenvalue weighted by molar-refractivity contribution is -0.154. The Kier molecular flexibility index (Phi) is 3.85. The zero-order valence-corrected chi connectivity index (χ0v) is 10.8. The Morgan fingerprint density at radius 3 is 2.37 bits per heavy atom. The van der Waals surface area contributed by atoms with Gasteiger partial charge in [0, 0.05) is 13.7 Å². The van der Waals surface area contributed by atoms with Crippen molar-refractivity contribution in [1.82, 2.24) is 5.32 Å². The first-order chi connectivity index (χ1) is 9.07. The van der Waals surface area contributed by atoms with Crippen molar-refractivity contribution in [3.05, 3.63) is 35.4 Å². The van der Waals surface area contributed by atoms with E-state index in [2.05, 4.69) is 5.32 Å². The van der Waals surface area contributed by atoms with Gasteiger partial charge in [-0.25, -0.2) is 4.79 Å². The summed E-state index contributed by atoms with van der Waals surface area (Å²) >= 11 is 0. The SMILES string of the molecule is COC1(C(=O)NCc2ccc(C(=O)O)cc2)CCC1. The van der Waals surface area contributed by atoms with Crippen molar-refractivity contribution in [3.8, 4) is 0 Å². The van der Waals surface area contributed by atoms with Crippen LogP contribution in [-0.2, 0) is 16.1 Å². The van der Waals surface area contributed by atoms with Crippen LogP contribution >= 0.6 is 0 Å². The monoisotopic (exact) mass is 263 g/mol. The lowest BCUT2D eigenvalue weighted by atomic mass is 9.79. The van der Waals surface area contributed by atoms with Gasteiger partial charge in [0.1, 0.15) is 5.60 Å². The molecule has 1 aliphatic rings. The van der Waals surface area contributed by atoms with Crippen LogP contribution in [-0.4, -0.2) is 29.7 Å². The van der Waals surface area contributed by atoms with Gasteiger partial charge in [-0.05, 0) is 37.0 Å². The third kappa shape index (κ3) is 2.76. The van der Waals surface area contributed by atoms with Crippen molar-refractivity contribution in [2.45, 2.75) is 31.4 Å². The molecule has 1 fully saturated rings. The number of carboxylic acids is 1. The van der Waals surface area contributed by atoms with Crippen LogP contribution in [0, 0.1) is 0 Å². The number of carbonyl (C=O) groups is 2. The van der Waals surface area contributed by atoms with Gasteiger partial charge in [0.25, 0.3) is 5.91 Å². The van der Waals surface area contributed by atoms with Crippen LogP contribution in [0.25, 0.3) is 0 Å². The summed E-state index contributed by atoms with van der Waals surface area (Å²) in [6, 6.07) is 6.45. The third-order valence-corrected chi connectivity index (χ3v) is 3.62. The number of carbonyl (C=O) groups excluding carboxylic acids is 1. The average Bonchev–Trinajstić information content (AvgIpc) is 2.36. The number of amides is 1. The number of ether oxygens (including phenoxy) is 1. The second kappa shape index (κ2) is 5.40. The van der Waals surface area contributed by atoms with E-state index in [0.717, 1.165) is 24.8 Å². The predicted octanol–water partition coefficient (Wildman–Crippen LogP) is 1.57. The first kappa shape index (κ1) is 13.5. The van der Waals surface area contributed by atoms with E-state index in [1.54, 1.807) is 19.2 Å². The van der Waals surface area contributed by atoms with Crippen LogP contribution in [0.3, 0.4) is 0 Å². The van der Waals surface area contributed by atoms with Gasteiger partial charge in [0.15, 0.2) is 0 Å². The maximum absolute atomic E-state index is 12.0. The van der Waals surface area contributed by atoms with Gasteiger partial charge in [0.05, 0.1) is 5.56 Å². The lowest BCUT2D eigenvalue weighted by Gasteiger charge is -2.38. The van der Waals surface area contributed by atoms with Gasteiger partial charge < -0.3 is 15.2 Å². The van der Waals surface area contributed by atoms with Crippen LogP contribution in [0.5, 0.6) is 0 Å². The van der Waals surface area contributed by atoms with E-state index in [1.165, 1.54) is 12.1 Å². The van der Waals surface area contributed by atoms with Crippen molar-refractivity contribution in [2.24, 2.45) is 0 Å². The summed E-state index contributed by atoms with van der Waals surface area (Å²) in [5.74, 6) is -1.05. The molecule has 2 N–H and O–H groups in total. The first-order valence-corrected chi connectivity index (χ1v) is 6.23. The van der Waals surface area contributed by atoms with Gasteiger partial charge >= 0.3 is 5.97 Å². The Morgan fingerprint density at radius 1 is 1.32 bits per heavy atom. The summed E-state index contributed by atoms with van der Waals surface area (Å²) in [6.45, 7) is 0.379. The number of nitrogens with one attached hydrogen (secondary N) is 1. The van der Waals surface area contributed by atoms with E-state index >= 15 is 0 Å². The number of carboxylic acid groups (broad SMARTS) is 1. The van der Waals surface area contributed by atoms with Crippen LogP contribution in [0.2, 0.25) is 0 Å². The van der Waals surface area contributed by atoms with E-state index < -0.39 is 11.6 Å². The van der Waals surface area contributed by atoms with Gasteiger partial charge in [-0.3, -0.25) is 4.79 Å². The van der Waals surface area contributed by atoms with Gasteiger partial charge in [-0.1, -0.05) is 12.1 Å². The summed E-state index contributed by atoms with van der Waals surface area (Å²) < 4.78 is 5.28. The lowest BCUT2D eigenvalue weighted by Crippen LogP contribution is -2.52. The topological polar surface area (TPSA) is 75.6 Å². The molecule has 0 saturated heterocycles. The van der Waals surface area contributed by atoms with Crippen molar-refractivity contribution in [1.29, 1.82) is 0 Å². The van der Waals surface area contributed by atoms with Crippen molar-refractivity contribution >= 4 is 11.9 Å². The highest BCUT2D eigenvalue weighted by atomic mass is 16.5. The number of aromatic carboxylic acids is 1. The molecule has 1 aromatic rings. The molecule has 1 aromatic carbocycles. The Balaban J connectivity index is 1.91. The fraction of sp³-hybridized carbons (Fsp3) is 0.429. The Hall–Kier alpha value is -1.88. The molecule has 1 amide bonds. The second-order valence-corrected chi connectivity index (χ2v) is 4.74. The van der Waals surface area contributed by atoms with Gasteiger partial charge in [-0.15, -0.1) is 0 Å². The number of hydrogen-bond donors (Lipinski definition) is 2. The van der Waals surface area contributed by atoms with Gasteiger partial charge in [-0.2, -0.15) is 0 Å². The molecule has 0 bridgehead atoms. The number of methoxy groups -OCH3 is 1. The fourth-order valence-electron chi connectivity index (χ4n) is 2.13. The normalized spacial score (nSPS) is 16.5. The highest BCUT2D eigenvalue weighted by Crippen LogP contribution is 2.35. The third-order valence-electron chi connectivity index (χ3n) is 3.62. The molecule has 0 spiro atoms. The highest BCUT2D eigenvalue weighted by Gasteiger charge is 2.44. The largest absolute Gasteiger partial charge is 0.478 e. The van der Waals surface area contributed by atoms with E-state index in [4.69, 9.17) is 9.84 Å². The van der Waals surface area contributed by atoms with Crippen LogP contribution < -0.4 is 5.32 Å². The summed E-state index contributed by atoms with van der Waals surface area (Å²) in [5.41, 5.74) is 0.451. The molecule has 5 heteroatoms. The van der Waals surface area contributed by atoms with Crippen LogP contribution in [0.1, 0.15) is 35.2 Å². The van der Waals surface area contributed by atoms with Gasteiger partial charge in [0.2, 0.25) is 0 Å². The summed E-state index contributed by atoms with van der Waals surface area (Å²) in [7, 11) is 1.56. The van der Waals surface area contributed by atoms with E-state index in [1.807, 2.05) is 0 Å². The van der Waals surface area contributed by atoms with Crippen LogP contribution in [0.4, 0.5) is 0 Å². The van der Waals surface area contributed by atoms with Crippen molar-refractivity contribution < 1.29 is 19.4 Å².